The number of nitrogens with zero attached hydrogens (tertiary/aromatic N) is 1. The number of benzene rings is 2. The van der Waals surface area contributed by atoms with Crippen LogP contribution in [0.4, 0.5) is 0 Å². The summed E-state index contributed by atoms with van der Waals surface area (Å²) in [6.45, 7) is 7.17. The fourth-order valence-corrected chi connectivity index (χ4v) is 3.16. The van der Waals surface area contributed by atoms with E-state index in [0.29, 0.717) is 31.4 Å². The van der Waals surface area contributed by atoms with E-state index in [9.17, 15) is 0 Å². The Morgan fingerprint density at radius 1 is 0.966 bits per heavy atom. The summed E-state index contributed by atoms with van der Waals surface area (Å²) in [7, 11) is 1.67. The highest BCUT2D eigenvalue weighted by Crippen LogP contribution is 2.11. The first-order chi connectivity index (χ1) is 14.2. The molecule has 0 saturated heterocycles. The van der Waals surface area contributed by atoms with Gasteiger partial charge in [0.05, 0.1) is 13.7 Å². The highest BCUT2D eigenvalue weighted by Gasteiger charge is 2.17. The quantitative estimate of drug-likeness (QED) is 0.417. The predicted molar refractivity (Wildman–Crippen MR) is 121 cm³/mol. The van der Waals surface area contributed by atoms with E-state index < -0.39 is 0 Å². The van der Waals surface area contributed by atoms with Gasteiger partial charge in [0.25, 0.3) is 0 Å². The zero-order chi connectivity index (χ0) is 20.9. The lowest BCUT2D eigenvalue weighted by molar-refractivity contribution is -0.141. The van der Waals surface area contributed by atoms with Crippen molar-refractivity contribution in [2.75, 3.05) is 33.4 Å². The van der Waals surface area contributed by atoms with Crippen molar-refractivity contribution in [3.63, 3.8) is 0 Å². The second kappa shape index (κ2) is 13.1. The van der Waals surface area contributed by atoms with Crippen LogP contribution in [0.3, 0.4) is 0 Å². The SMILES string of the molecule is CCOC(CN(CCc1ccccc1)C(=S)NCc1ccc(OC)cc1)OCC. The Hall–Kier alpha value is -2.15. The molecule has 0 unspecified atom stereocenters. The molecule has 0 amide bonds. The van der Waals surface area contributed by atoms with E-state index in [1.807, 2.05) is 44.2 Å². The summed E-state index contributed by atoms with van der Waals surface area (Å²) in [5, 5.41) is 4.06. The number of nitrogens with one attached hydrogen (secondary N) is 1. The fraction of sp³-hybridized carbons (Fsp3) is 0.435. The van der Waals surface area contributed by atoms with Gasteiger partial charge in [-0.25, -0.2) is 0 Å². The molecule has 5 nitrogen and oxygen atoms in total. The Bertz CT molecular complexity index is 704. The molecule has 0 spiro atoms. The second-order valence-electron chi connectivity index (χ2n) is 6.53. The molecule has 158 valence electrons. The molecule has 0 bridgehead atoms. The number of ether oxygens (including phenoxy) is 3. The minimum absolute atomic E-state index is 0.304. The summed E-state index contributed by atoms with van der Waals surface area (Å²) in [5.74, 6) is 0.845. The number of hydrogen-bond donors (Lipinski definition) is 1. The third kappa shape index (κ3) is 8.40. The van der Waals surface area contributed by atoms with Gasteiger partial charge in [-0.3, -0.25) is 0 Å². The summed E-state index contributed by atoms with van der Waals surface area (Å²) in [5.41, 5.74) is 2.42. The van der Waals surface area contributed by atoms with Gasteiger partial charge in [-0.2, -0.15) is 0 Å². The summed E-state index contributed by atoms with van der Waals surface area (Å²) in [6, 6.07) is 18.4. The third-order valence-corrected chi connectivity index (χ3v) is 4.88. The number of rotatable bonds is 12. The number of thiocarbonyl (C=S) groups is 1. The van der Waals surface area contributed by atoms with Gasteiger partial charge in [-0.05, 0) is 55.7 Å². The van der Waals surface area contributed by atoms with E-state index in [-0.39, 0.29) is 6.29 Å². The number of methoxy groups -OCH3 is 1. The van der Waals surface area contributed by atoms with Gasteiger partial charge >= 0.3 is 0 Å². The molecule has 2 aromatic rings. The molecule has 0 fully saturated rings. The molecule has 6 heteroatoms. The van der Waals surface area contributed by atoms with Crippen LogP contribution in [0.25, 0.3) is 0 Å². The summed E-state index contributed by atoms with van der Waals surface area (Å²) in [6.07, 6.45) is 0.595. The van der Waals surface area contributed by atoms with Crippen molar-refractivity contribution in [1.29, 1.82) is 0 Å². The Labute approximate surface area is 180 Å². The van der Waals surface area contributed by atoms with Crippen LogP contribution >= 0.6 is 12.2 Å². The lowest BCUT2D eigenvalue weighted by Gasteiger charge is -2.30. The lowest BCUT2D eigenvalue weighted by Crippen LogP contribution is -2.45. The van der Waals surface area contributed by atoms with Crippen molar-refractivity contribution >= 4 is 17.3 Å². The molecule has 0 saturated carbocycles. The lowest BCUT2D eigenvalue weighted by atomic mass is 10.1. The normalized spacial score (nSPS) is 10.8. The summed E-state index contributed by atoms with van der Waals surface area (Å²) >= 11 is 5.70. The van der Waals surface area contributed by atoms with Gasteiger partial charge in [-0.15, -0.1) is 0 Å². The first-order valence-electron chi connectivity index (χ1n) is 10.1. The minimum atomic E-state index is -0.304. The number of hydrogen-bond acceptors (Lipinski definition) is 4. The van der Waals surface area contributed by atoms with Crippen LogP contribution in [-0.2, 0) is 22.4 Å². The first-order valence-corrected chi connectivity index (χ1v) is 10.5. The molecule has 0 aromatic heterocycles. The van der Waals surface area contributed by atoms with E-state index in [0.717, 1.165) is 24.3 Å². The van der Waals surface area contributed by atoms with Crippen LogP contribution in [0.15, 0.2) is 54.6 Å². The van der Waals surface area contributed by atoms with Crippen molar-refractivity contribution in [1.82, 2.24) is 10.2 Å². The molecule has 0 heterocycles. The Kier molecular flexibility index (Phi) is 10.5. The standard InChI is InChI=1S/C23H32N2O3S/c1-4-27-22(28-5-2)18-25(16-15-19-9-7-6-8-10-19)23(29)24-17-20-11-13-21(26-3)14-12-20/h6-14,22H,4-5,15-18H2,1-3H3,(H,24,29). The van der Waals surface area contributed by atoms with Crippen LogP contribution in [-0.4, -0.2) is 49.7 Å². The molecule has 0 aliphatic heterocycles. The van der Waals surface area contributed by atoms with Crippen molar-refractivity contribution in [3.05, 3.63) is 65.7 Å². The van der Waals surface area contributed by atoms with Crippen molar-refractivity contribution in [3.8, 4) is 5.75 Å². The average Bonchev–Trinajstić information content (AvgIpc) is 2.76. The predicted octanol–water partition coefficient (Wildman–Crippen LogP) is 4.01. The molecule has 0 atom stereocenters. The topological polar surface area (TPSA) is 43.0 Å². The maximum absolute atomic E-state index is 5.74. The molecule has 0 aliphatic rings. The minimum Gasteiger partial charge on any atom is -0.497 e. The van der Waals surface area contributed by atoms with Crippen LogP contribution in [0.1, 0.15) is 25.0 Å². The monoisotopic (exact) mass is 416 g/mol. The van der Waals surface area contributed by atoms with Gasteiger partial charge in [-0.1, -0.05) is 42.5 Å². The second-order valence-corrected chi connectivity index (χ2v) is 6.92. The Morgan fingerprint density at radius 2 is 1.62 bits per heavy atom. The first kappa shape index (κ1) is 23.1. The van der Waals surface area contributed by atoms with Crippen LogP contribution < -0.4 is 10.1 Å². The molecule has 2 rings (SSSR count). The zero-order valence-corrected chi connectivity index (χ0v) is 18.4. The van der Waals surface area contributed by atoms with E-state index in [1.54, 1.807) is 7.11 Å². The van der Waals surface area contributed by atoms with Gasteiger partial charge in [0, 0.05) is 26.3 Å². The molecule has 2 aromatic carbocycles. The maximum Gasteiger partial charge on any atom is 0.174 e. The van der Waals surface area contributed by atoms with Crippen LogP contribution in [0, 0.1) is 0 Å². The molecular formula is C23H32N2O3S. The Balaban J connectivity index is 1.99. The smallest absolute Gasteiger partial charge is 0.174 e. The van der Waals surface area contributed by atoms with Crippen molar-refractivity contribution < 1.29 is 14.2 Å². The van der Waals surface area contributed by atoms with E-state index in [4.69, 9.17) is 26.4 Å². The average molecular weight is 417 g/mol. The van der Waals surface area contributed by atoms with E-state index in [2.05, 4.69) is 34.5 Å². The Morgan fingerprint density at radius 3 is 2.21 bits per heavy atom. The highest BCUT2D eigenvalue weighted by molar-refractivity contribution is 7.80. The van der Waals surface area contributed by atoms with Crippen LogP contribution in [0.5, 0.6) is 5.75 Å². The van der Waals surface area contributed by atoms with E-state index >= 15 is 0 Å². The summed E-state index contributed by atoms with van der Waals surface area (Å²) < 4.78 is 16.7. The van der Waals surface area contributed by atoms with Gasteiger partial charge < -0.3 is 24.4 Å². The maximum atomic E-state index is 5.74. The van der Waals surface area contributed by atoms with Gasteiger partial charge in [0.2, 0.25) is 0 Å². The van der Waals surface area contributed by atoms with Crippen molar-refractivity contribution in [2.45, 2.75) is 33.1 Å². The molecule has 0 radical (unpaired) electrons. The molecule has 29 heavy (non-hydrogen) atoms. The third-order valence-electron chi connectivity index (χ3n) is 4.48. The summed E-state index contributed by atoms with van der Waals surface area (Å²) in [4.78, 5) is 2.13. The highest BCUT2D eigenvalue weighted by atomic mass is 32.1. The van der Waals surface area contributed by atoms with Gasteiger partial charge in [0.1, 0.15) is 5.75 Å². The largest absolute Gasteiger partial charge is 0.497 e. The van der Waals surface area contributed by atoms with Gasteiger partial charge in [0.15, 0.2) is 11.4 Å². The zero-order valence-electron chi connectivity index (χ0n) is 17.6. The van der Waals surface area contributed by atoms with Crippen LogP contribution in [0.2, 0.25) is 0 Å². The van der Waals surface area contributed by atoms with E-state index in [1.165, 1.54) is 5.56 Å². The molecule has 1 N–H and O–H groups in total. The molecule has 0 aliphatic carbocycles. The molecular weight excluding hydrogens is 384 g/mol. The fourth-order valence-electron chi connectivity index (χ4n) is 2.92. The van der Waals surface area contributed by atoms with Crippen molar-refractivity contribution in [2.24, 2.45) is 0 Å².